The topological polar surface area (TPSA) is 25.8 Å². The van der Waals surface area contributed by atoms with Gasteiger partial charge in [-0.1, -0.05) is 0 Å². The molecule has 0 bridgehead atoms. The SMILES string of the molecule is Cc1ccncc1.Cc1ccncc1.[Br][Ni][Br]. The Hall–Kier alpha value is -0.246. The van der Waals surface area contributed by atoms with Crippen LogP contribution in [0.1, 0.15) is 11.1 Å². The molecule has 0 unspecified atom stereocenters. The molecule has 2 aromatic rings. The predicted octanol–water partition coefficient (Wildman–Crippen LogP) is 4.47. The van der Waals surface area contributed by atoms with E-state index in [0.717, 1.165) is 0 Å². The average molecular weight is 405 g/mol. The van der Waals surface area contributed by atoms with Crippen LogP contribution >= 0.6 is 28.5 Å². The standard InChI is InChI=1S/2C6H7N.2BrH.Ni/c2*1-6-2-4-7-5-3-6;;;/h2*2-5H,1H3;2*1H;/q;;;;+2/p-2. The molecule has 0 atom stereocenters. The molecule has 0 aliphatic rings. The third kappa shape index (κ3) is 12.0. The molecule has 0 saturated carbocycles. The van der Waals surface area contributed by atoms with E-state index >= 15 is 0 Å². The minimum atomic E-state index is 1.25. The molecular weight excluding hydrogens is 391 g/mol. The normalized spacial score (nSPS) is 8.47. The summed E-state index contributed by atoms with van der Waals surface area (Å²) in [5, 5.41) is 0. The summed E-state index contributed by atoms with van der Waals surface area (Å²) in [6.45, 7) is 4.09. The molecular formula is C12H14Br2N2Ni. The number of hydrogen-bond donors (Lipinski definition) is 0. The number of halogens is 2. The van der Waals surface area contributed by atoms with Gasteiger partial charge in [0, 0.05) is 24.8 Å². The van der Waals surface area contributed by atoms with Gasteiger partial charge in [0.25, 0.3) is 0 Å². The van der Waals surface area contributed by atoms with Gasteiger partial charge in [0.2, 0.25) is 0 Å². The van der Waals surface area contributed by atoms with E-state index < -0.39 is 0 Å². The molecule has 2 aromatic heterocycles. The van der Waals surface area contributed by atoms with Gasteiger partial charge in [0.1, 0.15) is 0 Å². The average Bonchev–Trinajstić information content (AvgIpc) is 2.33. The third-order valence-corrected chi connectivity index (χ3v) is 1.69. The summed E-state index contributed by atoms with van der Waals surface area (Å²) < 4.78 is 0. The monoisotopic (exact) mass is 402 g/mol. The number of nitrogens with zero attached hydrogens (tertiary/aromatic N) is 2. The number of pyridine rings is 2. The van der Waals surface area contributed by atoms with E-state index in [-0.39, 0.29) is 0 Å². The molecule has 17 heavy (non-hydrogen) atoms. The first kappa shape index (κ1) is 16.8. The van der Waals surface area contributed by atoms with Crippen LogP contribution in [-0.2, 0) is 10.9 Å². The summed E-state index contributed by atoms with van der Waals surface area (Å²) in [5.74, 6) is 0. The van der Waals surface area contributed by atoms with Crippen LogP contribution in [0, 0.1) is 13.8 Å². The summed E-state index contributed by atoms with van der Waals surface area (Å²) in [4.78, 5) is 7.69. The van der Waals surface area contributed by atoms with Gasteiger partial charge < -0.3 is 0 Å². The van der Waals surface area contributed by atoms with Crippen molar-refractivity contribution in [2.45, 2.75) is 13.8 Å². The second-order valence-corrected chi connectivity index (χ2v) is 8.08. The molecule has 0 aromatic carbocycles. The fourth-order valence-corrected chi connectivity index (χ4v) is 0.853. The van der Waals surface area contributed by atoms with E-state index in [1.165, 1.54) is 22.0 Å². The first-order valence-electron chi connectivity index (χ1n) is 4.76. The van der Waals surface area contributed by atoms with Crippen LogP contribution in [0.4, 0.5) is 0 Å². The van der Waals surface area contributed by atoms with Crippen LogP contribution in [-0.4, -0.2) is 9.97 Å². The van der Waals surface area contributed by atoms with E-state index in [2.05, 4.69) is 38.4 Å². The fraction of sp³-hybridized carbons (Fsp3) is 0.167. The molecule has 2 rings (SSSR count). The van der Waals surface area contributed by atoms with Crippen LogP contribution in [0.3, 0.4) is 0 Å². The van der Waals surface area contributed by atoms with Gasteiger partial charge in [-0.2, -0.15) is 0 Å². The Balaban J connectivity index is 0.000000247. The fourth-order valence-electron chi connectivity index (χ4n) is 0.853. The van der Waals surface area contributed by atoms with Crippen LogP contribution in [0.5, 0.6) is 0 Å². The zero-order valence-corrected chi connectivity index (χ0v) is 13.7. The second-order valence-electron chi connectivity index (χ2n) is 3.09. The van der Waals surface area contributed by atoms with E-state index in [9.17, 15) is 0 Å². The van der Waals surface area contributed by atoms with Crippen molar-refractivity contribution in [2.24, 2.45) is 0 Å². The summed E-state index contributed by atoms with van der Waals surface area (Å²) in [6, 6.07) is 7.89. The molecule has 2 nitrogen and oxygen atoms in total. The third-order valence-electron chi connectivity index (χ3n) is 1.69. The molecule has 0 radical (unpaired) electrons. The minimum absolute atomic E-state index is 1.25. The maximum absolute atomic E-state index is 3.85. The van der Waals surface area contributed by atoms with Crippen molar-refractivity contribution in [3.8, 4) is 0 Å². The van der Waals surface area contributed by atoms with Crippen molar-refractivity contribution >= 4 is 28.5 Å². The van der Waals surface area contributed by atoms with Crippen molar-refractivity contribution in [1.82, 2.24) is 9.97 Å². The number of aromatic nitrogens is 2. The van der Waals surface area contributed by atoms with E-state index in [0.29, 0.717) is 0 Å². The zero-order chi connectivity index (χ0) is 12.9. The Morgan fingerprint density at radius 3 is 1.12 bits per heavy atom. The second kappa shape index (κ2) is 12.2. The summed E-state index contributed by atoms with van der Waals surface area (Å²) in [6.07, 6.45) is 7.15. The van der Waals surface area contributed by atoms with E-state index in [1.807, 2.05) is 38.1 Å². The van der Waals surface area contributed by atoms with Gasteiger partial charge in [0.05, 0.1) is 0 Å². The molecule has 0 saturated heterocycles. The maximum atomic E-state index is 3.85. The van der Waals surface area contributed by atoms with Crippen LogP contribution in [0.2, 0.25) is 0 Å². The predicted molar refractivity (Wildman–Crippen MR) is 75.8 cm³/mol. The van der Waals surface area contributed by atoms with Gasteiger partial charge >= 0.3 is 39.3 Å². The Bertz CT molecular complexity index is 333. The van der Waals surface area contributed by atoms with Gasteiger partial charge in [-0.15, -0.1) is 0 Å². The van der Waals surface area contributed by atoms with Crippen molar-refractivity contribution in [3.63, 3.8) is 0 Å². The Kier molecular flexibility index (Phi) is 12.0. The summed E-state index contributed by atoms with van der Waals surface area (Å²) >= 11 is 6.00. The van der Waals surface area contributed by atoms with Crippen LogP contribution in [0.15, 0.2) is 49.1 Å². The molecule has 0 aliphatic heterocycles. The molecule has 96 valence electrons. The molecule has 2 heterocycles. The van der Waals surface area contributed by atoms with Crippen molar-refractivity contribution in [1.29, 1.82) is 0 Å². The van der Waals surface area contributed by atoms with Crippen LogP contribution < -0.4 is 0 Å². The number of aryl methyl sites for hydroxylation is 2. The van der Waals surface area contributed by atoms with E-state index in [4.69, 9.17) is 0 Å². The molecule has 0 aliphatic carbocycles. The zero-order valence-electron chi connectivity index (χ0n) is 9.59. The van der Waals surface area contributed by atoms with Gasteiger partial charge in [-0.25, -0.2) is 0 Å². The van der Waals surface area contributed by atoms with Crippen molar-refractivity contribution in [3.05, 3.63) is 60.2 Å². The summed E-state index contributed by atoms with van der Waals surface area (Å²) in [7, 11) is 1.25. The van der Waals surface area contributed by atoms with E-state index in [1.54, 1.807) is 24.8 Å². The number of hydrogen-bond acceptors (Lipinski definition) is 2. The Labute approximate surface area is 123 Å². The van der Waals surface area contributed by atoms with Crippen molar-refractivity contribution < 1.29 is 10.9 Å². The molecule has 0 fully saturated rings. The molecule has 0 spiro atoms. The number of rotatable bonds is 0. The summed E-state index contributed by atoms with van der Waals surface area (Å²) in [5.41, 5.74) is 2.52. The first-order valence-corrected chi connectivity index (χ1v) is 9.64. The van der Waals surface area contributed by atoms with Gasteiger partial charge in [0.15, 0.2) is 0 Å². The molecule has 5 heteroatoms. The van der Waals surface area contributed by atoms with Crippen molar-refractivity contribution in [2.75, 3.05) is 0 Å². The van der Waals surface area contributed by atoms with Gasteiger partial charge in [-0.3, -0.25) is 9.97 Å². The van der Waals surface area contributed by atoms with Gasteiger partial charge in [-0.05, 0) is 49.2 Å². The quantitative estimate of drug-likeness (QED) is 0.605. The van der Waals surface area contributed by atoms with Crippen LogP contribution in [0.25, 0.3) is 0 Å². The first-order chi connectivity index (χ1) is 8.20. The molecule has 0 amide bonds. The Morgan fingerprint density at radius 1 is 0.765 bits per heavy atom. The molecule has 0 N–H and O–H groups in total. The Morgan fingerprint density at radius 2 is 1.00 bits per heavy atom.